The normalized spacial score (nSPS) is 11.6. The Morgan fingerprint density at radius 3 is 2.39 bits per heavy atom. The van der Waals surface area contributed by atoms with E-state index in [1.54, 1.807) is 12.1 Å². The van der Waals surface area contributed by atoms with Crippen LogP contribution in [0.15, 0.2) is 42.5 Å². The highest BCUT2D eigenvalue weighted by molar-refractivity contribution is 5.88. The van der Waals surface area contributed by atoms with Gasteiger partial charge in [-0.25, -0.2) is 4.39 Å². The van der Waals surface area contributed by atoms with E-state index in [9.17, 15) is 14.0 Å². The molecule has 2 aromatic rings. The lowest BCUT2D eigenvalue weighted by atomic mass is 10.1. The summed E-state index contributed by atoms with van der Waals surface area (Å²) in [6, 6.07) is 11.0. The van der Waals surface area contributed by atoms with Crippen LogP contribution in [0.3, 0.4) is 0 Å². The quantitative estimate of drug-likeness (QED) is 0.535. The summed E-state index contributed by atoms with van der Waals surface area (Å²) < 4.78 is 19.0. The minimum atomic E-state index is -0.627. The summed E-state index contributed by atoms with van der Waals surface area (Å²) in [4.78, 5) is 27.4. The number of nitrogens with zero attached hydrogens (tertiary/aromatic N) is 1. The number of amides is 2. The fourth-order valence-corrected chi connectivity index (χ4v) is 3.24. The van der Waals surface area contributed by atoms with Gasteiger partial charge in [0, 0.05) is 13.1 Å². The molecule has 0 saturated carbocycles. The minimum absolute atomic E-state index is 0.178. The molecule has 2 rings (SSSR count). The first-order valence-corrected chi connectivity index (χ1v) is 10.9. The van der Waals surface area contributed by atoms with Crippen LogP contribution in [0, 0.1) is 19.7 Å². The number of aryl methyl sites for hydroxylation is 2. The maximum atomic E-state index is 13.3. The lowest BCUT2D eigenvalue weighted by molar-refractivity contribution is -0.143. The highest BCUT2D eigenvalue weighted by Crippen LogP contribution is 2.18. The zero-order valence-corrected chi connectivity index (χ0v) is 18.9. The summed E-state index contributed by atoms with van der Waals surface area (Å²) in [5, 5.41) is 2.92. The molecule has 168 valence electrons. The molecule has 0 spiro atoms. The first kappa shape index (κ1) is 24.4. The average molecular weight is 429 g/mol. The molecule has 0 bridgehead atoms. The Labute approximate surface area is 184 Å². The van der Waals surface area contributed by atoms with Crippen molar-refractivity contribution >= 4 is 11.8 Å². The van der Waals surface area contributed by atoms with E-state index in [4.69, 9.17) is 4.74 Å². The fourth-order valence-electron chi connectivity index (χ4n) is 3.24. The van der Waals surface area contributed by atoms with Gasteiger partial charge in [-0.2, -0.15) is 0 Å². The van der Waals surface area contributed by atoms with Gasteiger partial charge in [0.25, 0.3) is 5.91 Å². The molecule has 6 heteroatoms. The zero-order valence-electron chi connectivity index (χ0n) is 18.9. The number of unbranched alkanes of at least 4 members (excludes halogenated alkanes) is 1. The number of carbonyl (C=O) groups excluding carboxylic acids is 2. The van der Waals surface area contributed by atoms with Gasteiger partial charge in [0.2, 0.25) is 5.91 Å². The Balaban J connectivity index is 2.17. The third-order valence-corrected chi connectivity index (χ3v) is 5.32. The van der Waals surface area contributed by atoms with E-state index in [1.165, 1.54) is 17.0 Å². The molecule has 2 aromatic carbocycles. The molecular weight excluding hydrogens is 395 g/mol. The molecule has 0 unspecified atom stereocenters. The Bertz CT molecular complexity index is 868. The number of hydrogen-bond donors (Lipinski definition) is 1. The average Bonchev–Trinajstić information content (AvgIpc) is 2.75. The van der Waals surface area contributed by atoms with E-state index >= 15 is 0 Å². The zero-order chi connectivity index (χ0) is 22.8. The molecule has 5 nitrogen and oxygen atoms in total. The van der Waals surface area contributed by atoms with Crippen molar-refractivity contribution < 1.29 is 18.7 Å². The number of rotatable bonds is 11. The third kappa shape index (κ3) is 7.39. The first-order chi connectivity index (χ1) is 14.8. The van der Waals surface area contributed by atoms with E-state index in [-0.39, 0.29) is 30.8 Å². The molecule has 0 heterocycles. The first-order valence-electron chi connectivity index (χ1n) is 10.9. The molecule has 0 aliphatic rings. The predicted octanol–water partition coefficient (Wildman–Crippen LogP) is 4.55. The van der Waals surface area contributed by atoms with Crippen LogP contribution < -0.4 is 10.1 Å². The summed E-state index contributed by atoms with van der Waals surface area (Å²) in [6.45, 7) is 8.52. The second-order valence-corrected chi connectivity index (χ2v) is 7.75. The summed E-state index contributed by atoms with van der Waals surface area (Å²) in [5.74, 6) is -0.208. The van der Waals surface area contributed by atoms with E-state index in [2.05, 4.69) is 12.2 Å². The number of hydrogen-bond acceptors (Lipinski definition) is 3. The molecule has 1 atom stereocenters. The van der Waals surface area contributed by atoms with E-state index in [0.29, 0.717) is 18.7 Å². The monoisotopic (exact) mass is 428 g/mol. The smallest absolute Gasteiger partial charge is 0.261 e. The van der Waals surface area contributed by atoms with E-state index in [1.807, 2.05) is 39.0 Å². The minimum Gasteiger partial charge on any atom is -0.484 e. The van der Waals surface area contributed by atoms with Gasteiger partial charge in [-0.05, 0) is 67.6 Å². The summed E-state index contributed by atoms with van der Waals surface area (Å²) in [7, 11) is 0. The number of nitrogens with one attached hydrogen (secondary N) is 1. The van der Waals surface area contributed by atoms with Crippen molar-refractivity contribution in [3.05, 3.63) is 65.0 Å². The molecule has 0 aliphatic heterocycles. The highest BCUT2D eigenvalue weighted by Gasteiger charge is 2.28. The molecule has 0 radical (unpaired) electrons. The predicted molar refractivity (Wildman–Crippen MR) is 120 cm³/mol. The van der Waals surface area contributed by atoms with Crippen LogP contribution >= 0.6 is 0 Å². The van der Waals surface area contributed by atoms with Crippen LogP contribution in [0.2, 0.25) is 0 Å². The Morgan fingerprint density at radius 1 is 1.06 bits per heavy atom. The van der Waals surface area contributed by atoms with Crippen LogP contribution in [-0.2, 0) is 16.1 Å². The Kier molecular flexibility index (Phi) is 9.50. The van der Waals surface area contributed by atoms with Gasteiger partial charge in [-0.15, -0.1) is 0 Å². The molecular formula is C25H33FN2O3. The molecule has 1 N–H and O–H groups in total. The van der Waals surface area contributed by atoms with Gasteiger partial charge in [0.05, 0.1) is 0 Å². The number of benzene rings is 2. The standard InChI is InChI=1S/C25H33FN2O3/c1-5-7-14-27-25(30)23(6-2)28(16-20-9-11-21(26)12-10-20)24(29)17-31-22-13-8-18(3)19(4)15-22/h8-13,15,23H,5-7,14,16-17H2,1-4H3,(H,27,30)/t23-/m0/s1. The maximum Gasteiger partial charge on any atom is 0.261 e. The van der Waals surface area contributed by atoms with Gasteiger partial charge in [0.1, 0.15) is 17.6 Å². The summed E-state index contributed by atoms with van der Waals surface area (Å²) in [5.41, 5.74) is 2.97. The van der Waals surface area contributed by atoms with E-state index in [0.717, 1.165) is 29.5 Å². The summed E-state index contributed by atoms with van der Waals surface area (Å²) in [6.07, 6.45) is 2.32. The van der Waals surface area contributed by atoms with Crippen LogP contribution in [0.5, 0.6) is 5.75 Å². The van der Waals surface area contributed by atoms with Crippen molar-refractivity contribution in [2.24, 2.45) is 0 Å². The van der Waals surface area contributed by atoms with Crippen molar-refractivity contribution in [1.82, 2.24) is 10.2 Å². The van der Waals surface area contributed by atoms with Crippen LogP contribution in [0.1, 0.15) is 49.8 Å². The van der Waals surface area contributed by atoms with E-state index < -0.39 is 6.04 Å². The second kappa shape index (κ2) is 12.1. The molecule has 0 aromatic heterocycles. The van der Waals surface area contributed by atoms with Crippen LogP contribution in [-0.4, -0.2) is 35.9 Å². The molecule has 0 aliphatic carbocycles. The molecule has 0 fully saturated rings. The van der Waals surface area contributed by atoms with Gasteiger partial charge >= 0.3 is 0 Å². The fraction of sp³-hybridized carbons (Fsp3) is 0.440. The topological polar surface area (TPSA) is 58.6 Å². The van der Waals surface area contributed by atoms with Crippen molar-refractivity contribution in [1.29, 1.82) is 0 Å². The summed E-state index contributed by atoms with van der Waals surface area (Å²) >= 11 is 0. The molecule has 31 heavy (non-hydrogen) atoms. The third-order valence-electron chi connectivity index (χ3n) is 5.32. The number of carbonyl (C=O) groups is 2. The number of ether oxygens (including phenoxy) is 1. The van der Waals surface area contributed by atoms with Gasteiger partial charge in [-0.1, -0.05) is 38.5 Å². The van der Waals surface area contributed by atoms with Crippen LogP contribution in [0.25, 0.3) is 0 Å². The molecule has 2 amide bonds. The largest absolute Gasteiger partial charge is 0.484 e. The number of halogens is 1. The molecule has 0 saturated heterocycles. The lowest BCUT2D eigenvalue weighted by Gasteiger charge is -2.30. The Morgan fingerprint density at radius 2 is 1.77 bits per heavy atom. The Hall–Kier alpha value is -2.89. The van der Waals surface area contributed by atoms with Gasteiger partial charge in [0.15, 0.2) is 6.61 Å². The van der Waals surface area contributed by atoms with Crippen molar-refractivity contribution in [2.75, 3.05) is 13.2 Å². The van der Waals surface area contributed by atoms with Gasteiger partial charge < -0.3 is 15.0 Å². The maximum absolute atomic E-state index is 13.3. The second-order valence-electron chi connectivity index (χ2n) is 7.75. The highest BCUT2D eigenvalue weighted by atomic mass is 19.1. The lowest BCUT2D eigenvalue weighted by Crippen LogP contribution is -2.50. The van der Waals surface area contributed by atoms with Crippen molar-refractivity contribution in [2.45, 2.75) is 59.5 Å². The van der Waals surface area contributed by atoms with Crippen molar-refractivity contribution in [3.63, 3.8) is 0 Å². The van der Waals surface area contributed by atoms with Gasteiger partial charge in [-0.3, -0.25) is 9.59 Å². The van der Waals surface area contributed by atoms with Crippen LogP contribution in [0.4, 0.5) is 4.39 Å². The van der Waals surface area contributed by atoms with Crippen molar-refractivity contribution in [3.8, 4) is 5.75 Å². The SMILES string of the molecule is CCCCNC(=O)[C@H](CC)N(Cc1ccc(F)cc1)C(=O)COc1ccc(C)c(C)c1.